The van der Waals surface area contributed by atoms with Crippen molar-refractivity contribution in [2.45, 2.75) is 64.8 Å². The third-order valence-corrected chi connectivity index (χ3v) is 5.80. The van der Waals surface area contributed by atoms with Crippen LogP contribution in [0.25, 0.3) is 11.2 Å². The number of phosphoric ester groups is 1. The normalized spacial score (nSPS) is 26.7. The van der Waals surface area contributed by atoms with Gasteiger partial charge < -0.3 is 25.8 Å². The number of hydrogen-bond donors (Lipinski definition) is 3. The highest BCUT2D eigenvalue weighted by Crippen LogP contribution is 2.50. The topological polar surface area (TPSA) is 170 Å². The van der Waals surface area contributed by atoms with Crippen molar-refractivity contribution in [2.24, 2.45) is 5.92 Å². The van der Waals surface area contributed by atoms with Gasteiger partial charge in [-0.1, -0.05) is 13.8 Å². The van der Waals surface area contributed by atoms with Gasteiger partial charge >= 0.3 is 7.82 Å². The first-order chi connectivity index (χ1) is 14.0. The molecule has 0 spiro atoms. The molecule has 5 N–H and O–H groups in total. The molecule has 13 heteroatoms. The van der Waals surface area contributed by atoms with E-state index in [-0.39, 0.29) is 17.7 Å². The van der Waals surface area contributed by atoms with E-state index in [1.54, 1.807) is 18.4 Å². The molecule has 0 radical (unpaired) electrons. The van der Waals surface area contributed by atoms with Gasteiger partial charge in [-0.2, -0.15) is 9.97 Å². The Labute approximate surface area is 174 Å². The van der Waals surface area contributed by atoms with E-state index in [4.69, 9.17) is 30.0 Å². The predicted molar refractivity (Wildman–Crippen MR) is 109 cm³/mol. The first-order valence-corrected chi connectivity index (χ1v) is 11.1. The lowest BCUT2D eigenvalue weighted by atomic mass is 10.0. The minimum atomic E-state index is -4.35. The van der Waals surface area contributed by atoms with Crippen LogP contribution < -0.4 is 11.5 Å². The molecule has 0 aromatic carbocycles. The highest BCUT2D eigenvalue weighted by molar-refractivity contribution is 7.47. The van der Waals surface area contributed by atoms with Gasteiger partial charge in [0.2, 0.25) is 5.95 Å². The fourth-order valence-corrected chi connectivity index (χ4v) is 4.70. The van der Waals surface area contributed by atoms with Crippen molar-refractivity contribution in [1.82, 2.24) is 19.5 Å². The summed E-state index contributed by atoms with van der Waals surface area (Å²) in [4.78, 5) is 22.6. The molecule has 30 heavy (non-hydrogen) atoms. The van der Waals surface area contributed by atoms with Gasteiger partial charge in [-0.25, -0.2) is 9.55 Å². The van der Waals surface area contributed by atoms with Crippen molar-refractivity contribution in [2.75, 3.05) is 18.6 Å². The number of nitrogens with two attached hydrogens (primary N) is 2. The molecule has 0 saturated carbocycles. The Morgan fingerprint density at radius 1 is 1.27 bits per heavy atom. The standard InChI is InChI=1S/C17H29N6O6P/c1-8(2)6-10-12(29-30(24,25)28-9(3)4)13(26-5)16(27-10)23-7-20-11-14(18)21-17(19)22-15(11)23/h7-10,12-13,16H,6H2,1-5H3,(H,24,25)(H4,18,19,21,22)/t10-,12+,13?,16-/m1/s1. The summed E-state index contributed by atoms with van der Waals surface area (Å²) in [5.41, 5.74) is 12.4. The maximum absolute atomic E-state index is 12.5. The lowest BCUT2D eigenvalue weighted by Crippen LogP contribution is -2.36. The number of anilines is 2. The highest BCUT2D eigenvalue weighted by atomic mass is 31.2. The SMILES string of the molecule is COC1[C@@H](OP(=O)(O)OC(C)C)[C@@H](CC(C)C)O[C@H]1n1cnc2c(N)nc(N)nc21. The molecule has 1 aliphatic heterocycles. The fraction of sp³-hybridized carbons (Fsp3) is 0.706. The van der Waals surface area contributed by atoms with Crippen LogP contribution in [0.3, 0.4) is 0 Å². The van der Waals surface area contributed by atoms with Gasteiger partial charge in [0.15, 0.2) is 17.7 Å². The van der Waals surface area contributed by atoms with Crippen molar-refractivity contribution in [3.63, 3.8) is 0 Å². The number of nitrogen functional groups attached to an aromatic ring is 2. The van der Waals surface area contributed by atoms with Crippen LogP contribution in [0.2, 0.25) is 0 Å². The Bertz CT molecular complexity index is 937. The second-order valence-electron chi connectivity index (χ2n) is 7.88. The first-order valence-electron chi connectivity index (χ1n) is 9.65. The Kier molecular flexibility index (Phi) is 6.66. The number of phosphoric acid groups is 1. The molecular weight excluding hydrogens is 415 g/mol. The summed E-state index contributed by atoms with van der Waals surface area (Å²) in [6.45, 7) is 7.32. The summed E-state index contributed by atoms with van der Waals surface area (Å²) in [6.07, 6.45) is -1.35. The van der Waals surface area contributed by atoms with Crippen LogP contribution in [-0.2, 0) is 23.1 Å². The van der Waals surface area contributed by atoms with Gasteiger partial charge in [0, 0.05) is 7.11 Å². The van der Waals surface area contributed by atoms with Crippen LogP contribution in [0.1, 0.15) is 40.3 Å². The number of hydrogen-bond acceptors (Lipinski definition) is 10. The van der Waals surface area contributed by atoms with Crippen LogP contribution >= 0.6 is 7.82 Å². The highest BCUT2D eigenvalue weighted by Gasteiger charge is 2.50. The molecule has 1 saturated heterocycles. The van der Waals surface area contributed by atoms with Gasteiger partial charge in [-0.05, 0) is 26.2 Å². The van der Waals surface area contributed by atoms with Gasteiger partial charge in [0.05, 0.1) is 18.5 Å². The number of aromatic nitrogens is 4. The van der Waals surface area contributed by atoms with Crippen LogP contribution in [0.15, 0.2) is 6.33 Å². The second-order valence-corrected chi connectivity index (χ2v) is 9.24. The third-order valence-electron chi connectivity index (χ3n) is 4.60. The number of methoxy groups -OCH3 is 1. The molecule has 12 nitrogen and oxygen atoms in total. The third kappa shape index (κ3) is 4.74. The summed E-state index contributed by atoms with van der Waals surface area (Å²) in [7, 11) is -2.88. The summed E-state index contributed by atoms with van der Waals surface area (Å²) in [5.74, 6) is 0.361. The van der Waals surface area contributed by atoms with Gasteiger partial charge in [-0.3, -0.25) is 13.6 Å². The Hall–Kier alpha value is -1.82. The average molecular weight is 444 g/mol. The second kappa shape index (κ2) is 8.74. The van der Waals surface area contributed by atoms with E-state index in [1.165, 1.54) is 13.4 Å². The molecule has 1 fully saturated rings. The zero-order valence-corrected chi connectivity index (χ0v) is 18.5. The summed E-state index contributed by atoms with van der Waals surface area (Å²) < 4.78 is 36.6. The Morgan fingerprint density at radius 2 is 1.97 bits per heavy atom. The quantitative estimate of drug-likeness (QED) is 0.508. The van der Waals surface area contributed by atoms with Crippen molar-refractivity contribution in [3.8, 4) is 0 Å². The zero-order valence-electron chi connectivity index (χ0n) is 17.6. The van der Waals surface area contributed by atoms with Crippen molar-refractivity contribution >= 4 is 30.8 Å². The van der Waals surface area contributed by atoms with Crippen LogP contribution in [0.5, 0.6) is 0 Å². The maximum atomic E-state index is 12.5. The largest absolute Gasteiger partial charge is 0.472 e. The molecule has 2 aromatic rings. The number of nitrogens with zero attached hydrogens (tertiary/aromatic N) is 4. The lowest BCUT2D eigenvalue weighted by molar-refractivity contribution is -0.0520. The summed E-state index contributed by atoms with van der Waals surface area (Å²) >= 11 is 0. The van der Waals surface area contributed by atoms with Crippen LogP contribution in [0.4, 0.5) is 11.8 Å². The average Bonchev–Trinajstić information content (AvgIpc) is 3.14. The van der Waals surface area contributed by atoms with E-state index in [9.17, 15) is 9.46 Å². The number of ether oxygens (including phenoxy) is 2. The first kappa shape index (κ1) is 22.9. The molecule has 0 bridgehead atoms. The lowest BCUT2D eigenvalue weighted by Gasteiger charge is -2.26. The minimum Gasteiger partial charge on any atom is -0.382 e. The van der Waals surface area contributed by atoms with Crippen LogP contribution in [-0.4, -0.2) is 55.9 Å². The van der Waals surface area contributed by atoms with Gasteiger partial charge in [0.1, 0.15) is 17.7 Å². The molecule has 2 unspecified atom stereocenters. The smallest absolute Gasteiger partial charge is 0.382 e. The molecule has 0 amide bonds. The van der Waals surface area contributed by atoms with E-state index < -0.39 is 38.5 Å². The Morgan fingerprint density at radius 3 is 2.57 bits per heavy atom. The van der Waals surface area contributed by atoms with E-state index in [0.717, 1.165) is 0 Å². The molecule has 168 valence electrons. The van der Waals surface area contributed by atoms with E-state index in [1.807, 2.05) is 13.8 Å². The molecule has 3 heterocycles. The van der Waals surface area contributed by atoms with E-state index >= 15 is 0 Å². The van der Waals surface area contributed by atoms with Crippen molar-refractivity contribution in [1.29, 1.82) is 0 Å². The molecule has 0 aliphatic carbocycles. The maximum Gasteiger partial charge on any atom is 0.472 e. The number of imidazole rings is 1. The molecule has 5 atom stereocenters. The van der Waals surface area contributed by atoms with Gasteiger partial charge in [-0.15, -0.1) is 0 Å². The Balaban J connectivity index is 1.99. The summed E-state index contributed by atoms with van der Waals surface area (Å²) in [5, 5.41) is 0. The molecule has 1 aliphatic rings. The molecule has 3 rings (SSSR count). The van der Waals surface area contributed by atoms with E-state index in [0.29, 0.717) is 17.6 Å². The molecule has 2 aromatic heterocycles. The predicted octanol–water partition coefficient (Wildman–Crippen LogP) is 1.86. The van der Waals surface area contributed by atoms with Gasteiger partial charge in [0.25, 0.3) is 0 Å². The fourth-order valence-electron chi connectivity index (χ4n) is 3.55. The number of fused-ring (bicyclic) bond motifs is 1. The summed E-state index contributed by atoms with van der Waals surface area (Å²) in [6, 6.07) is 0. The molecular formula is C17H29N6O6P. The van der Waals surface area contributed by atoms with Crippen molar-refractivity contribution < 1.29 is 28.0 Å². The zero-order chi connectivity index (χ0) is 22.2. The number of rotatable bonds is 8. The minimum absolute atomic E-state index is 0.00885. The van der Waals surface area contributed by atoms with Crippen LogP contribution in [0, 0.1) is 5.92 Å². The van der Waals surface area contributed by atoms with E-state index in [2.05, 4.69) is 15.0 Å². The monoisotopic (exact) mass is 444 g/mol. The van der Waals surface area contributed by atoms with Crippen molar-refractivity contribution in [3.05, 3.63) is 6.33 Å².